The third kappa shape index (κ3) is 1.99. The zero-order valence-corrected chi connectivity index (χ0v) is 10.8. The van der Waals surface area contributed by atoms with Crippen molar-refractivity contribution in [3.63, 3.8) is 0 Å². The Bertz CT molecular complexity index is 619. The van der Waals surface area contributed by atoms with Crippen molar-refractivity contribution in [1.29, 1.82) is 0 Å². The maximum absolute atomic E-state index is 6.29. The van der Waals surface area contributed by atoms with E-state index in [1.807, 2.05) is 18.2 Å². The zero-order valence-electron chi connectivity index (χ0n) is 9.27. The molecule has 0 saturated heterocycles. The van der Waals surface area contributed by atoms with Gasteiger partial charge in [-0.15, -0.1) is 0 Å². The molecule has 1 aliphatic heterocycles. The molecule has 84 valence electrons. The summed E-state index contributed by atoms with van der Waals surface area (Å²) in [6.45, 7) is 2.06. The van der Waals surface area contributed by atoms with Gasteiger partial charge < -0.3 is 0 Å². The average Bonchev–Trinajstić information content (AvgIpc) is 2.46. The van der Waals surface area contributed by atoms with Crippen LogP contribution in [0, 0.1) is 6.92 Å². The van der Waals surface area contributed by atoms with Crippen LogP contribution >= 0.6 is 23.4 Å². The minimum atomic E-state index is 0.571. The van der Waals surface area contributed by atoms with Crippen LogP contribution in [0.25, 0.3) is 0 Å². The highest BCUT2D eigenvalue weighted by molar-refractivity contribution is 7.99. The summed E-state index contributed by atoms with van der Waals surface area (Å²) in [6, 6.07) is 14.4. The number of benzene rings is 2. The van der Waals surface area contributed by atoms with Gasteiger partial charge in [-0.25, -0.2) is 4.99 Å². The summed E-state index contributed by atoms with van der Waals surface area (Å²) >= 11 is 8.00. The van der Waals surface area contributed by atoms with Crippen LogP contribution in [0.1, 0.15) is 11.1 Å². The van der Waals surface area contributed by atoms with Crippen molar-refractivity contribution in [1.82, 2.24) is 0 Å². The topological polar surface area (TPSA) is 12.4 Å². The van der Waals surface area contributed by atoms with E-state index in [2.05, 4.69) is 36.2 Å². The fourth-order valence-corrected chi connectivity index (χ4v) is 3.12. The second kappa shape index (κ2) is 4.21. The third-order valence-corrected chi connectivity index (χ3v) is 4.09. The SMILES string of the molecule is Cc1ccc2c(c1)C(Cl)=Nc1ccccc1S2. The van der Waals surface area contributed by atoms with Crippen molar-refractivity contribution in [3.05, 3.63) is 53.6 Å². The molecule has 17 heavy (non-hydrogen) atoms. The standard InChI is InChI=1S/C14H10ClNS/c1-9-6-7-12-10(8-9)14(15)16-11-4-2-3-5-13(11)17-12/h2-8H,1H3. The van der Waals surface area contributed by atoms with Gasteiger partial charge in [-0.2, -0.15) is 0 Å². The first-order chi connectivity index (χ1) is 8.24. The summed E-state index contributed by atoms with van der Waals surface area (Å²) in [7, 11) is 0. The minimum Gasteiger partial charge on any atom is -0.235 e. The van der Waals surface area contributed by atoms with E-state index < -0.39 is 0 Å². The van der Waals surface area contributed by atoms with Crippen LogP contribution in [0.5, 0.6) is 0 Å². The van der Waals surface area contributed by atoms with E-state index in [0.717, 1.165) is 21.0 Å². The van der Waals surface area contributed by atoms with Gasteiger partial charge in [0.15, 0.2) is 0 Å². The molecule has 0 radical (unpaired) electrons. The first-order valence-corrected chi connectivity index (χ1v) is 6.55. The molecular formula is C14H10ClNS. The Labute approximate surface area is 110 Å². The third-order valence-electron chi connectivity index (χ3n) is 2.66. The van der Waals surface area contributed by atoms with Crippen molar-refractivity contribution in [2.45, 2.75) is 16.7 Å². The predicted molar refractivity (Wildman–Crippen MR) is 73.8 cm³/mol. The minimum absolute atomic E-state index is 0.571. The molecule has 1 nitrogen and oxygen atoms in total. The average molecular weight is 260 g/mol. The molecule has 0 amide bonds. The monoisotopic (exact) mass is 259 g/mol. The van der Waals surface area contributed by atoms with Gasteiger partial charge in [0.2, 0.25) is 0 Å². The first kappa shape index (κ1) is 10.9. The quantitative estimate of drug-likeness (QED) is 0.663. The Morgan fingerprint density at radius 1 is 1.06 bits per heavy atom. The number of fused-ring (bicyclic) bond motifs is 2. The van der Waals surface area contributed by atoms with Gasteiger partial charge >= 0.3 is 0 Å². The van der Waals surface area contributed by atoms with Crippen LogP contribution < -0.4 is 0 Å². The molecule has 0 aromatic heterocycles. The zero-order chi connectivity index (χ0) is 11.8. The van der Waals surface area contributed by atoms with Gasteiger partial charge in [0, 0.05) is 15.4 Å². The Balaban J connectivity index is 2.24. The lowest BCUT2D eigenvalue weighted by atomic mass is 10.1. The number of aryl methyl sites for hydroxylation is 1. The Kier molecular flexibility index (Phi) is 2.69. The van der Waals surface area contributed by atoms with Crippen molar-refractivity contribution in [2.75, 3.05) is 0 Å². The van der Waals surface area contributed by atoms with Crippen LogP contribution in [0.4, 0.5) is 5.69 Å². The lowest BCUT2D eigenvalue weighted by Gasteiger charge is -2.05. The molecule has 0 saturated carbocycles. The molecule has 0 spiro atoms. The van der Waals surface area contributed by atoms with E-state index in [9.17, 15) is 0 Å². The highest BCUT2D eigenvalue weighted by Crippen LogP contribution is 2.40. The van der Waals surface area contributed by atoms with Crippen LogP contribution in [0.3, 0.4) is 0 Å². The van der Waals surface area contributed by atoms with Gasteiger partial charge in [-0.05, 0) is 31.2 Å². The number of hydrogen-bond donors (Lipinski definition) is 0. The van der Waals surface area contributed by atoms with Crippen molar-refractivity contribution in [2.24, 2.45) is 4.99 Å². The smallest absolute Gasteiger partial charge is 0.138 e. The Hall–Kier alpha value is -1.25. The Morgan fingerprint density at radius 3 is 2.76 bits per heavy atom. The molecule has 3 rings (SSSR count). The number of hydrogen-bond acceptors (Lipinski definition) is 2. The van der Waals surface area contributed by atoms with Gasteiger partial charge in [-0.3, -0.25) is 0 Å². The maximum atomic E-state index is 6.29. The Morgan fingerprint density at radius 2 is 1.88 bits per heavy atom. The van der Waals surface area contributed by atoms with Crippen molar-refractivity contribution in [3.8, 4) is 0 Å². The van der Waals surface area contributed by atoms with Crippen LogP contribution in [-0.4, -0.2) is 5.17 Å². The van der Waals surface area contributed by atoms with Gasteiger partial charge in [-0.1, -0.05) is 47.1 Å². The first-order valence-electron chi connectivity index (χ1n) is 5.36. The van der Waals surface area contributed by atoms with Gasteiger partial charge in [0.25, 0.3) is 0 Å². The normalized spacial score (nSPS) is 13.4. The lowest BCUT2D eigenvalue weighted by molar-refractivity contribution is 1.35. The molecule has 3 heteroatoms. The van der Waals surface area contributed by atoms with E-state index in [1.54, 1.807) is 11.8 Å². The molecule has 0 aliphatic carbocycles. The molecule has 1 aliphatic rings. The van der Waals surface area contributed by atoms with Crippen molar-refractivity contribution < 1.29 is 0 Å². The summed E-state index contributed by atoms with van der Waals surface area (Å²) in [5.74, 6) is 0. The second-order valence-electron chi connectivity index (χ2n) is 3.97. The molecule has 2 aromatic rings. The summed E-state index contributed by atoms with van der Waals surface area (Å²) < 4.78 is 0. The van der Waals surface area contributed by atoms with E-state index in [0.29, 0.717) is 5.17 Å². The molecule has 0 unspecified atom stereocenters. The predicted octanol–water partition coefficient (Wildman–Crippen LogP) is 4.78. The molecule has 0 atom stereocenters. The van der Waals surface area contributed by atoms with E-state index in [4.69, 9.17) is 11.6 Å². The van der Waals surface area contributed by atoms with Crippen LogP contribution in [-0.2, 0) is 0 Å². The lowest BCUT2D eigenvalue weighted by Crippen LogP contribution is -1.93. The molecular weight excluding hydrogens is 250 g/mol. The number of rotatable bonds is 0. The molecule has 0 fully saturated rings. The van der Waals surface area contributed by atoms with Gasteiger partial charge in [0.05, 0.1) is 5.69 Å². The summed E-state index contributed by atoms with van der Waals surface area (Å²) in [5.41, 5.74) is 3.16. The second-order valence-corrected chi connectivity index (χ2v) is 5.41. The van der Waals surface area contributed by atoms with E-state index >= 15 is 0 Å². The number of nitrogens with zero attached hydrogens (tertiary/aromatic N) is 1. The van der Waals surface area contributed by atoms with Crippen LogP contribution in [0.15, 0.2) is 57.2 Å². The van der Waals surface area contributed by atoms with E-state index in [1.165, 1.54) is 5.56 Å². The summed E-state index contributed by atoms with van der Waals surface area (Å²) in [4.78, 5) is 6.79. The van der Waals surface area contributed by atoms with E-state index in [-0.39, 0.29) is 0 Å². The fraction of sp³-hybridized carbons (Fsp3) is 0.0714. The number of aliphatic imine (C=N–C) groups is 1. The summed E-state index contributed by atoms with van der Waals surface area (Å²) in [6.07, 6.45) is 0. The molecule has 0 bridgehead atoms. The highest BCUT2D eigenvalue weighted by Gasteiger charge is 2.15. The number of para-hydroxylation sites is 1. The van der Waals surface area contributed by atoms with Gasteiger partial charge in [0.1, 0.15) is 5.17 Å². The fourth-order valence-electron chi connectivity index (χ4n) is 1.81. The number of halogens is 1. The maximum Gasteiger partial charge on any atom is 0.138 e. The highest BCUT2D eigenvalue weighted by atomic mass is 35.5. The van der Waals surface area contributed by atoms with Crippen LogP contribution in [0.2, 0.25) is 0 Å². The molecule has 1 heterocycles. The summed E-state index contributed by atoms with van der Waals surface area (Å²) in [5, 5.41) is 0.571. The molecule has 2 aromatic carbocycles. The largest absolute Gasteiger partial charge is 0.235 e. The molecule has 0 N–H and O–H groups in total. The van der Waals surface area contributed by atoms with Crippen molar-refractivity contribution >= 4 is 34.2 Å².